The van der Waals surface area contributed by atoms with Crippen LogP contribution in [0, 0.1) is 0 Å². The second-order valence-corrected chi connectivity index (χ2v) is 5.70. The number of rotatable bonds is 2. The fourth-order valence-electron chi connectivity index (χ4n) is 3.08. The van der Waals surface area contributed by atoms with Crippen LogP contribution in [0.25, 0.3) is 29.0 Å². The summed E-state index contributed by atoms with van der Waals surface area (Å²) in [6.45, 7) is 0. The smallest absolute Gasteiger partial charge is 0.434 e. The second kappa shape index (κ2) is 5.73. The zero-order valence-corrected chi connectivity index (χ0v) is 13.7. The number of alkyl halides is 3. The lowest BCUT2D eigenvalue weighted by atomic mass is 10.1. The fourth-order valence-corrected chi connectivity index (χ4v) is 3.08. The van der Waals surface area contributed by atoms with E-state index in [4.69, 9.17) is 0 Å². The van der Waals surface area contributed by atoms with Crippen molar-refractivity contribution in [2.75, 3.05) is 7.11 Å². The van der Waals surface area contributed by atoms with Crippen LogP contribution < -0.4 is 5.69 Å². The Bertz CT molecular complexity index is 1190. The van der Waals surface area contributed by atoms with E-state index in [9.17, 15) is 22.8 Å². The Morgan fingerprint density at radius 2 is 2.04 bits per heavy atom. The number of hydrogen-bond donors (Lipinski definition) is 1. The lowest BCUT2D eigenvalue weighted by molar-refractivity contribution is -0.143. The van der Waals surface area contributed by atoms with Crippen molar-refractivity contribution in [3.05, 3.63) is 57.8 Å². The average Bonchev–Trinajstić information content (AvgIpc) is 3.11. The molecule has 0 spiro atoms. The molecule has 3 heterocycles. The van der Waals surface area contributed by atoms with Gasteiger partial charge < -0.3 is 9.72 Å². The molecule has 3 aromatic rings. The number of esters is 1. The molecule has 0 amide bonds. The highest BCUT2D eigenvalue weighted by molar-refractivity contribution is 5.93. The molecule has 0 aliphatic carbocycles. The molecular formula is C17H11F3N4O3. The van der Waals surface area contributed by atoms with Crippen molar-refractivity contribution < 1.29 is 22.7 Å². The monoisotopic (exact) mass is 376 g/mol. The molecule has 10 heteroatoms. The summed E-state index contributed by atoms with van der Waals surface area (Å²) in [4.78, 5) is 26.5. The number of allylic oxidation sites excluding steroid dienone is 2. The topological polar surface area (TPSA) is 81.9 Å². The molecule has 0 bridgehead atoms. The lowest BCUT2D eigenvalue weighted by Gasteiger charge is -2.14. The molecule has 0 radical (unpaired) electrons. The Hall–Kier alpha value is -3.56. The number of nitrogens with one attached hydrogen (secondary N) is 1. The molecule has 1 aliphatic heterocycles. The van der Waals surface area contributed by atoms with Crippen LogP contribution in [0.4, 0.5) is 13.2 Å². The molecule has 0 atom stereocenters. The van der Waals surface area contributed by atoms with Gasteiger partial charge in [-0.1, -0.05) is 12.2 Å². The van der Waals surface area contributed by atoms with Gasteiger partial charge >= 0.3 is 17.8 Å². The Labute approximate surface area is 149 Å². The van der Waals surface area contributed by atoms with Crippen molar-refractivity contribution in [1.82, 2.24) is 19.3 Å². The van der Waals surface area contributed by atoms with Crippen LogP contribution in [-0.4, -0.2) is 32.4 Å². The van der Waals surface area contributed by atoms with Crippen molar-refractivity contribution >= 4 is 29.3 Å². The Morgan fingerprint density at radius 3 is 2.74 bits per heavy atom. The van der Waals surface area contributed by atoms with Crippen LogP contribution in [-0.2, 0) is 10.9 Å². The number of carbonyl (C=O) groups is 1. The van der Waals surface area contributed by atoms with Crippen LogP contribution >= 0.6 is 0 Å². The number of aromatic nitrogens is 4. The maximum Gasteiger partial charge on any atom is 0.434 e. The van der Waals surface area contributed by atoms with Gasteiger partial charge in [0.2, 0.25) is 0 Å². The molecule has 7 nitrogen and oxygen atoms in total. The van der Waals surface area contributed by atoms with Crippen LogP contribution in [0.1, 0.15) is 21.6 Å². The molecular weight excluding hydrogens is 365 g/mol. The lowest BCUT2D eigenvalue weighted by Crippen LogP contribution is -2.18. The third-order valence-corrected chi connectivity index (χ3v) is 4.18. The first-order chi connectivity index (χ1) is 12.8. The quantitative estimate of drug-likeness (QED) is 0.698. The Morgan fingerprint density at radius 1 is 1.26 bits per heavy atom. The normalized spacial score (nSPS) is 13.2. The summed E-state index contributed by atoms with van der Waals surface area (Å²) in [7, 11) is 0.993. The minimum absolute atomic E-state index is 0.0673. The van der Waals surface area contributed by atoms with Gasteiger partial charge in [0.15, 0.2) is 5.69 Å². The van der Waals surface area contributed by atoms with Gasteiger partial charge in [-0.05, 0) is 18.2 Å². The third-order valence-electron chi connectivity index (χ3n) is 4.18. The Kier molecular flexibility index (Phi) is 3.58. The Balaban J connectivity index is 2.07. The summed E-state index contributed by atoms with van der Waals surface area (Å²) in [5.41, 5.74) is -1.08. The number of ether oxygens (including phenoxy) is 1. The van der Waals surface area contributed by atoms with Gasteiger partial charge in [0, 0.05) is 11.8 Å². The molecule has 0 saturated heterocycles. The molecule has 138 valence electrons. The first-order valence-electron chi connectivity index (χ1n) is 7.69. The number of carbonyl (C=O) groups excluding carboxylic acids is 1. The molecule has 0 fully saturated rings. The van der Waals surface area contributed by atoms with E-state index in [0.717, 1.165) is 13.3 Å². The SMILES string of the molecule is COC(=O)c1cnn(-c2ccc3[nH]c(=O)n4c3c2C=CC=C4)c1C(F)(F)F. The van der Waals surface area contributed by atoms with Crippen LogP contribution in [0.5, 0.6) is 0 Å². The number of H-pyrrole nitrogens is 1. The van der Waals surface area contributed by atoms with Crippen LogP contribution in [0.2, 0.25) is 0 Å². The summed E-state index contributed by atoms with van der Waals surface area (Å²) >= 11 is 0. The van der Waals surface area contributed by atoms with E-state index in [1.165, 1.54) is 22.9 Å². The third kappa shape index (κ3) is 2.48. The van der Waals surface area contributed by atoms with E-state index in [0.29, 0.717) is 21.3 Å². The van der Waals surface area contributed by atoms with Gasteiger partial charge in [0.25, 0.3) is 0 Å². The summed E-state index contributed by atoms with van der Waals surface area (Å²) in [5.74, 6) is -1.14. The van der Waals surface area contributed by atoms with Crippen molar-refractivity contribution in [1.29, 1.82) is 0 Å². The average molecular weight is 376 g/mol. The van der Waals surface area contributed by atoms with Crippen molar-refractivity contribution in [2.24, 2.45) is 0 Å². The van der Waals surface area contributed by atoms with Gasteiger partial charge in [-0.25, -0.2) is 14.3 Å². The van der Waals surface area contributed by atoms with E-state index >= 15 is 0 Å². The number of hydrogen-bond acceptors (Lipinski definition) is 4. The van der Waals surface area contributed by atoms with E-state index in [1.54, 1.807) is 18.2 Å². The van der Waals surface area contributed by atoms with Gasteiger partial charge in [-0.3, -0.25) is 4.57 Å². The summed E-state index contributed by atoms with van der Waals surface area (Å²) in [6, 6.07) is 2.88. The number of methoxy groups -OCH3 is 1. The molecule has 4 rings (SSSR count). The van der Waals surface area contributed by atoms with Gasteiger partial charge in [-0.2, -0.15) is 18.3 Å². The van der Waals surface area contributed by atoms with Crippen molar-refractivity contribution in [3.63, 3.8) is 0 Å². The van der Waals surface area contributed by atoms with Crippen LogP contribution in [0.15, 0.2) is 35.3 Å². The standard InChI is InChI=1S/C17H11F3N4O3/c1-27-15(25)10-8-21-24(14(10)17(18,19)20)12-6-5-11-13-9(12)4-2-3-7-23(13)16(26)22-11/h2-8H,1H3,(H,22,26). The fraction of sp³-hybridized carbons (Fsp3) is 0.118. The highest BCUT2D eigenvalue weighted by atomic mass is 19.4. The van der Waals surface area contributed by atoms with Crippen molar-refractivity contribution in [2.45, 2.75) is 6.18 Å². The van der Waals surface area contributed by atoms with Gasteiger partial charge in [0.1, 0.15) is 5.56 Å². The highest BCUT2D eigenvalue weighted by Crippen LogP contribution is 2.36. The number of aromatic amines is 1. The summed E-state index contributed by atoms with van der Waals surface area (Å²) < 4.78 is 47.4. The molecule has 0 saturated carbocycles. The number of benzene rings is 1. The first-order valence-corrected chi connectivity index (χ1v) is 7.69. The minimum Gasteiger partial charge on any atom is -0.465 e. The molecule has 1 aliphatic rings. The van der Waals surface area contributed by atoms with Gasteiger partial charge in [0.05, 0.1) is 30.0 Å². The maximum absolute atomic E-state index is 13.7. The summed E-state index contributed by atoms with van der Waals surface area (Å²) in [6.07, 6.45) is 2.23. The predicted octanol–water partition coefficient (Wildman–Crippen LogP) is 2.82. The largest absolute Gasteiger partial charge is 0.465 e. The number of imidazole rings is 1. The van der Waals surface area contributed by atoms with E-state index in [-0.39, 0.29) is 5.69 Å². The molecule has 1 aromatic carbocycles. The molecule has 1 N–H and O–H groups in total. The predicted molar refractivity (Wildman–Crippen MR) is 90.4 cm³/mol. The van der Waals surface area contributed by atoms with E-state index in [1.807, 2.05) is 0 Å². The number of halogens is 3. The number of nitrogens with zero attached hydrogens (tertiary/aromatic N) is 3. The first kappa shape index (κ1) is 16.9. The van der Waals surface area contributed by atoms with Crippen molar-refractivity contribution in [3.8, 4) is 5.69 Å². The summed E-state index contributed by atoms with van der Waals surface area (Å²) in [5, 5.41) is 3.77. The maximum atomic E-state index is 13.7. The zero-order chi connectivity index (χ0) is 19.3. The molecule has 2 aromatic heterocycles. The molecule has 0 unspecified atom stereocenters. The highest BCUT2D eigenvalue weighted by Gasteiger charge is 2.41. The molecule has 27 heavy (non-hydrogen) atoms. The second-order valence-electron chi connectivity index (χ2n) is 5.70. The van der Waals surface area contributed by atoms with E-state index < -0.39 is 29.1 Å². The van der Waals surface area contributed by atoms with Gasteiger partial charge in [-0.15, -0.1) is 0 Å². The van der Waals surface area contributed by atoms with Crippen LogP contribution in [0.3, 0.4) is 0 Å². The zero-order valence-electron chi connectivity index (χ0n) is 13.7. The minimum atomic E-state index is -4.85. The van der Waals surface area contributed by atoms with E-state index in [2.05, 4.69) is 14.8 Å².